The Morgan fingerprint density at radius 3 is 2.89 bits per heavy atom. The van der Waals surface area contributed by atoms with Crippen LogP contribution < -0.4 is 17.2 Å². The standard InChI is InChI=1S/C11H15N7/c12-7-1-2-9-6(3-7)4-8(5-15-9)18-11(14)16-10(13)17-18/h4-5,7H,1-3,12H2,(H4,13,14,16,17). The number of aromatic nitrogens is 4. The van der Waals surface area contributed by atoms with Gasteiger partial charge in [-0.3, -0.25) is 4.98 Å². The maximum atomic E-state index is 5.97. The molecule has 1 aliphatic rings. The van der Waals surface area contributed by atoms with E-state index in [-0.39, 0.29) is 17.9 Å². The van der Waals surface area contributed by atoms with Gasteiger partial charge in [0.15, 0.2) is 0 Å². The van der Waals surface area contributed by atoms with Gasteiger partial charge in [-0.1, -0.05) is 0 Å². The summed E-state index contributed by atoms with van der Waals surface area (Å²) in [4.78, 5) is 8.31. The highest BCUT2D eigenvalue weighted by molar-refractivity contribution is 5.42. The first-order valence-corrected chi connectivity index (χ1v) is 5.85. The van der Waals surface area contributed by atoms with Crippen molar-refractivity contribution in [2.45, 2.75) is 25.3 Å². The Balaban J connectivity index is 2.04. The lowest BCUT2D eigenvalue weighted by atomic mass is 9.92. The molecule has 0 bridgehead atoms. The second-order valence-corrected chi connectivity index (χ2v) is 4.54. The minimum Gasteiger partial charge on any atom is -0.368 e. The third-order valence-corrected chi connectivity index (χ3v) is 3.17. The molecule has 1 atom stereocenters. The molecule has 94 valence electrons. The Kier molecular flexibility index (Phi) is 2.41. The summed E-state index contributed by atoms with van der Waals surface area (Å²) in [6, 6.07) is 2.21. The molecule has 2 aromatic heterocycles. The van der Waals surface area contributed by atoms with E-state index in [1.165, 1.54) is 4.68 Å². The van der Waals surface area contributed by atoms with Crippen LogP contribution in [0.15, 0.2) is 12.3 Å². The zero-order chi connectivity index (χ0) is 12.7. The maximum Gasteiger partial charge on any atom is 0.241 e. The van der Waals surface area contributed by atoms with Crippen LogP contribution in [0.5, 0.6) is 0 Å². The predicted octanol–water partition coefficient (Wildman–Crippen LogP) is -0.357. The van der Waals surface area contributed by atoms with E-state index in [2.05, 4.69) is 15.1 Å². The van der Waals surface area contributed by atoms with E-state index in [9.17, 15) is 0 Å². The average molecular weight is 245 g/mol. The van der Waals surface area contributed by atoms with Crippen molar-refractivity contribution < 1.29 is 0 Å². The molecule has 0 saturated heterocycles. The summed E-state index contributed by atoms with van der Waals surface area (Å²) in [6.45, 7) is 0. The Morgan fingerprint density at radius 1 is 1.33 bits per heavy atom. The van der Waals surface area contributed by atoms with Gasteiger partial charge in [0.05, 0.1) is 11.9 Å². The first-order chi connectivity index (χ1) is 8.63. The number of rotatable bonds is 1. The van der Waals surface area contributed by atoms with Gasteiger partial charge in [0.1, 0.15) is 0 Å². The van der Waals surface area contributed by atoms with Gasteiger partial charge in [-0.15, -0.1) is 5.10 Å². The second kappa shape index (κ2) is 3.95. The minimum absolute atomic E-state index is 0.155. The summed E-state index contributed by atoms with van der Waals surface area (Å²) in [7, 11) is 0. The SMILES string of the molecule is Nc1nc(N)n(-c2cnc3c(c2)CC(N)CC3)n1. The summed E-state index contributed by atoms with van der Waals surface area (Å²) in [5, 5.41) is 4.04. The number of nitrogens with zero attached hydrogens (tertiary/aromatic N) is 4. The van der Waals surface area contributed by atoms with E-state index < -0.39 is 0 Å². The van der Waals surface area contributed by atoms with Crippen molar-refractivity contribution in [3.8, 4) is 5.69 Å². The summed E-state index contributed by atoms with van der Waals surface area (Å²) in [5.74, 6) is 0.413. The fourth-order valence-electron chi connectivity index (χ4n) is 2.28. The van der Waals surface area contributed by atoms with Crippen LogP contribution >= 0.6 is 0 Å². The average Bonchev–Trinajstić information content (AvgIpc) is 2.67. The van der Waals surface area contributed by atoms with Crippen LogP contribution in [0.4, 0.5) is 11.9 Å². The first kappa shape index (κ1) is 11.0. The molecule has 0 aliphatic heterocycles. The van der Waals surface area contributed by atoms with Gasteiger partial charge in [0.2, 0.25) is 11.9 Å². The first-order valence-electron chi connectivity index (χ1n) is 5.85. The quantitative estimate of drug-likeness (QED) is 0.631. The van der Waals surface area contributed by atoms with E-state index in [0.29, 0.717) is 0 Å². The number of pyridine rings is 1. The lowest BCUT2D eigenvalue weighted by Gasteiger charge is -2.20. The summed E-state index contributed by atoms with van der Waals surface area (Å²) in [5.41, 5.74) is 20.2. The summed E-state index contributed by atoms with van der Waals surface area (Å²) in [6.07, 6.45) is 4.48. The van der Waals surface area contributed by atoms with E-state index in [0.717, 1.165) is 36.2 Å². The van der Waals surface area contributed by atoms with Crippen LogP contribution in [0.25, 0.3) is 5.69 Å². The number of fused-ring (bicyclic) bond motifs is 1. The van der Waals surface area contributed by atoms with Crippen molar-refractivity contribution in [2.75, 3.05) is 11.5 Å². The minimum atomic E-state index is 0.155. The number of anilines is 2. The molecule has 2 aromatic rings. The van der Waals surface area contributed by atoms with Gasteiger partial charge in [0, 0.05) is 11.7 Å². The number of hydrogen-bond acceptors (Lipinski definition) is 6. The van der Waals surface area contributed by atoms with Crippen molar-refractivity contribution in [1.29, 1.82) is 0 Å². The number of nitrogen functional groups attached to an aromatic ring is 2. The predicted molar refractivity (Wildman–Crippen MR) is 68.0 cm³/mol. The fraction of sp³-hybridized carbons (Fsp3) is 0.364. The number of nitrogens with two attached hydrogens (primary N) is 3. The maximum absolute atomic E-state index is 5.97. The molecule has 1 aliphatic carbocycles. The van der Waals surface area contributed by atoms with E-state index in [1.807, 2.05) is 6.07 Å². The van der Waals surface area contributed by atoms with Crippen molar-refractivity contribution in [1.82, 2.24) is 19.7 Å². The molecule has 6 N–H and O–H groups in total. The molecule has 0 fully saturated rings. The van der Waals surface area contributed by atoms with Crippen LogP contribution in [-0.4, -0.2) is 25.8 Å². The second-order valence-electron chi connectivity index (χ2n) is 4.54. The molecule has 7 nitrogen and oxygen atoms in total. The Bertz CT molecular complexity index is 589. The monoisotopic (exact) mass is 245 g/mol. The molecule has 0 radical (unpaired) electrons. The molecule has 3 rings (SSSR count). The van der Waals surface area contributed by atoms with Crippen molar-refractivity contribution in [2.24, 2.45) is 5.73 Å². The molecule has 0 amide bonds. The highest BCUT2D eigenvalue weighted by Gasteiger charge is 2.18. The highest BCUT2D eigenvalue weighted by Crippen LogP contribution is 2.22. The van der Waals surface area contributed by atoms with Crippen LogP contribution in [0, 0.1) is 0 Å². The molecule has 1 unspecified atom stereocenters. The van der Waals surface area contributed by atoms with Crippen molar-refractivity contribution in [3.05, 3.63) is 23.5 Å². The van der Waals surface area contributed by atoms with E-state index in [1.54, 1.807) is 6.20 Å². The topological polar surface area (TPSA) is 122 Å². The molecular weight excluding hydrogens is 230 g/mol. The van der Waals surface area contributed by atoms with E-state index >= 15 is 0 Å². The van der Waals surface area contributed by atoms with Gasteiger partial charge in [0.25, 0.3) is 0 Å². The largest absolute Gasteiger partial charge is 0.368 e. The number of hydrogen-bond donors (Lipinski definition) is 3. The van der Waals surface area contributed by atoms with Crippen LogP contribution in [-0.2, 0) is 12.8 Å². The summed E-state index contributed by atoms with van der Waals surface area (Å²) >= 11 is 0. The van der Waals surface area contributed by atoms with E-state index in [4.69, 9.17) is 17.2 Å². The highest BCUT2D eigenvalue weighted by atomic mass is 15.4. The normalized spacial score (nSPS) is 18.6. The van der Waals surface area contributed by atoms with Gasteiger partial charge in [-0.05, 0) is 30.9 Å². The van der Waals surface area contributed by atoms with Crippen molar-refractivity contribution >= 4 is 11.9 Å². The van der Waals surface area contributed by atoms with Gasteiger partial charge in [-0.25, -0.2) is 0 Å². The van der Waals surface area contributed by atoms with Crippen LogP contribution in [0.2, 0.25) is 0 Å². The molecule has 2 heterocycles. The van der Waals surface area contributed by atoms with Crippen LogP contribution in [0.3, 0.4) is 0 Å². The zero-order valence-electron chi connectivity index (χ0n) is 9.87. The molecule has 18 heavy (non-hydrogen) atoms. The number of aryl methyl sites for hydroxylation is 1. The smallest absolute Gasteiger partial charge is 0.241 e. The molecule has 0 saturated carbocycles. The lowest BCUT2D eigenvalue weighted by molar-refractivity contribution is 0.566. The third-order valence-electron chi connectivity index (χ3n) is 3.17. The fourth-order valence-corrected chi connectivity index (χ4v) is 2.28. The summed E-state index contributed by atoms with van der Waals surface area (Å²) < 4.78 is 1.49. The lowest BCUT2D eigenvalue weighted by Crippen LogP contribution is -2.28. The Hall–Kier alpha value is -2.15. The van der Waals surface area contributed by atoms with Gasteiger partial charge < -0.3 is 17.2 Å². The molecule has 0 spiro atoms. The molecule has 0 aromatic carbocycles. The Labute approximate surface area is 104 Å². The third kappa shape index (κ3) is 1.78. The van der Waals surface area contributed by atoms with Crippen molar-refractivity contribution in [3.63, 3.8) is 0 Å². The Morgan fingerprint density at radius 2 is 2.17 bits per heavy atom. The van der Waals surface area contributed by atoms with Crippen LogP contribution in [0.1, 0.15) is 17.7 Å². The van der Waals surface area contributed by atoms with Gasteiger partial charge in [-0.2, -0.15) is 9.67 Å². The molecule has 7 heteroatoms. The zero-order valence-corrected chi connectivity index (χ0v) is 9.87. The van der Waals surface area contributed by atoms with Gasteiger partial charge >= 0.3 is 0 Å². The molecular formula is C11H15N7.